The monoisotopic (exact) mass is 613 g/mol. The van der Waals surface area contributed by atoms with Gasteiger partial charge in [-0.3, -0.25) is 19.3 Å². The van der Waals surface area contributed by atoms with E-state index in [2.05, 4.69) is 4.74 Å². The molecule has 0 unspecified atom stereocenters. The molecule has 4 aliphatic heterocycles. The van der Waals surface area contributed by atoms with Crippen LogP contribution in [0.2, 0.25) is 0 Å². The van der Waals surface area contributed by atoms with Crippen molar-refractivity contribution in [2.75, 3.05) is 45.3 Å². The Hall–Kier alpha value is -4.14. The van der Waals surface area contributed by atoms with Gasteiger partial charge in [0.25, 0.3) is 5.91 Å². The van der Waals surface area contributed by atoms with Gasteiger partial charge in [-0.2, -0.15) is 0 Å². The molecular formula is C29H25F2N3O8S. The normalized spacial score (nSPS) is 21.5. The summed E-state index contributed by atoms with van der Waals surface area (Å²) in [6, 6.07) is 10.7. The van der Waals surface area contributed by atoms with Gasteiger partial charge in [0.1, 0.15) is 11.8 Å². The van der Waals surface area contributed by atoms with Crippen LogP contribution in [0, 0.1) is 11.6 Å². The van der Waals surface area contributed by atoms with Crippen LogP contribution in [0.25, 0.3) is 0 Å². The number of fused-ring (bicyclic) bond motifs is 4. The molecule has 0 bridgehead atoms. The van der Waals surface area contributed by atoms with Crippen molar-refractivity contribution < 1.29 is 42.1 Å². The molecule has 43 heavy (non-hydrogen) atoms. The van der Waals surface area contributed by atoms with Crippen molar-refractivity contribution in [3.8, 4) is 5.75 Å². The minimum Gasteiger partial charge on any atom is -0.451 e. The summed E-state index contributed by atoms with van der Waals surface area (Å²) < 4.78 is 58.0. The van der Waals surface area contributed by atoms with E-state index in [-0.39, 0.29) is 49.1 Å². The molecule has 1 spiro atoms. The summed E-state index contributed by atoms with van der Waals surface area (Å²) in [5, 5.41) is 1.83. The Morgan fingerprint density at radius 1 is 1.12 bits per heavy atom. The van der Waals surface area contributed by atoms with Gasteiger partial charge in [0, 0.05) is 28.5 Å². The minimum atomic E-state index is -1.03. The van der Waals surface area contributed by atoms with Gasteiger partial charge >= 0.3 is 6.16 Å². The number of halogens is 2. The van der Waals surface area contributed by atoms with Gasteiger partial charge in [-0.1, -0.05) is 24.3 Å². The van der Waals surface area contributed by atoms with E-state index >= 15 is 4.39 Å². The van der Waals surface area contributed by atoms with Gasteiger partial charge in [0.2, 0.25) is 18.0 Å². The number of hydrogen-bond donors (Lipinski definition) is 0. The van der Waals surface area contributed by atoms with E-state index in [1.807, 2.05) is 29.3 Å². The van der Waals surface area contributed by atoms with E-state index in [0.29, 0.717) is 5.56 Å². The van der Waals surface area contributed by atoms with Crippen LogP contribution in [0.5, 0.6) is 5.75 Å². The molecule has 11 nitrogen and oxygen atoms in total. The maximum Gasteiger partial charge on any atom is 0.510 e. The molecule has 14 heteroatoms. The number of hydrogen-bond acceptors (Lipinski definition) is 10. The van der Waals surface area contributed by atoms with Gasteiger partial charge in [-0.05, 0) is 23.3 Å². The maximum atomic E-state index is 15.4. The molecule has 224 valence electrons. The molecule has 0 aliphatic carbocycles. The van der Waals surface area contributed by atoms with Crippen molar-refractivity contribution in [3.63, 3.8) is 0 Å². The van der Waals surface area contributed by atoms with E-state index in [1.54, 1.807) is 11.0 Å². The first kappa shape index (κ1) is 27.7. The highest BCUT2D eigenvalue weighted by atomic mass is 32.2. The Balaban J connectivity index is 1.44. The van der Waals surface area contributed by atoms with E-state index in [1.165, 1.54) is 28.7 Å². The van der Waals surface area contributed by atoms with Crippen LogP contribution in [0.4, 0.5) is 13.6 Å². The molecule has 2 saturated heterocycles. The molecule has 1 aromatic heterocycles. The molecule has 1 amide bonds. The van der Waals surface area contributed by atoms with Crippen LogP contribution in [-0.4, -0.2) is 73.7 Å². The maximum absolute atomic E-state index is 15.4. The highest BCUT2D eigenvalue weighted by Crippen LogP contribution is 2.46. The Kier molecular flexibility index (Phi) is 6.78. The number of pyridine rings is 1. The van der Waals surface area contributed by atoms with Crippen LogP contribution in [0.1, 0.15) is 33.2 Å². The summed E-state index contributed by atoms with van der Waals surface area (Å²) in [6.45, 7) is 0.122. The lowest BCUT2D eigenvalue weighted by Crippen LogP contribution is -2.73. The number of thioether (sulfide) groups is 1. The molecule has 7 rings (SSSR count). The van der Waals surface area contributed by atoms with E-state index in [4.69, 9.17) is 18.9 Å². The molecule has 0 N–H and O–H groups in total. The summed E-state index contributed by atoms with van der Waals surface area (Å²) in [7, 11) is 1.12. The number of aromatic nitrogens is 1. The Bertz CT molecular complexity index is 1700. The number of rotatable bonds is 4. The summed E-state index contributed by atoms with van der Waals surface area (Å²) in [5.41, 5.74) is 0.0358. The first-order chi connectivity index (χ1) is 20.8. The summed E-state index contributed by atoms with van der Waals surface area (Å²) in [6.07, 6.45) is -0.302. The third kappa shape index (κ3) is 4.43. The summed E-state index contributed by atoms with van der Waals surface area (Å²) in [5.74, 6) is -2.57. The van der Waals surface area contributed by atoms with E-state index in [0.717, 1.165) is 23.6 Å². The molecular weight excluding hydrogens is 588 g/mol. The lowest BCUT2D eigenvalue weighted by molar-refractivity contribution is -0.245. The van der Waals surface area contributed by atoms with Gasteiger partial charge in [0.05, 0.1) is 39.5 Å². The quantitative estimate of drug-likeness (QED) is 0.322. The first-order valence-corrected chi connectivity index (χ1v) is 14.4. The van der Waals surface area contributed by atoms with E-state index in [9.17, 15) is 18.8 Å². The zero-order valence-corrected chi connectivity index (χ0v) is 23.6. The lowest BCUT2D eigenvalue weighted by atomic mass is 9.92. The average Bonchev–Trinajstić information content (AvgIpc) is 3.16. The predicted molar refractivity (Wildman–Crippen MR) is 146 cm³/mol. The van der Waals surface area contributed by atoms with Crippen molar-refractivity contribution >= 4 is 23.8 Å². The van der Waals surface area contributed by atoms with Gasteiger partial charge < -0.3 is 28.6 Å². The molecule has 0 radical (unpaired) electrons. The van der Waals surface area contributed by atoms with Crippen LogP contribution in [-0.2, 0) is 24.7 Å². The Morgan fingerprint density at radius 2 is 1.93 bits per heavy atom. The van der Waals surface area contributed by atoms with Crippen LogP contribution >= 0.6 is 11.8 Å². The number of carbonyl (C=O) groups excluding carboxylic acids is 2. The number of morpholine rings is 1. The standard InChI is InChI=1S/C29H25F2N3O8S/c1-38-28(37)41-15-40-26-20(35)8-9-33-25(26)27(36)32-12-29(13-39-14-29)42-10-22(32)34(33)24-16-6-7-19(30)23(31)18(16)11-43-21-5-3-2-4-17(21)24/h2-9,22,24H,10-15H2,1H3/t22-,24+/m1/s1. The number of amides is 1. The second-order valence-electron chi connectivity index (χ2n) is 10.5. The fourth-order valence-corrected chi connectivity index (χ4v) is 7.11. The molecule has 2 fully saturated rings. The highest BCUT2D eigenvalue weighted by molar-refractivity contribution is 7.98. The fourth-order valence-electron chi connectivity index (χ4n) is 5.99. The van der Waals surface area contributed by atoms with Crippen LogP contribution < -0.4 is 15.2 Å². The zero-order valence-electron chi connectivity index (χ0n) is 22.8. The molecule has 5 heterocycles. The number of benzene rings is 2. The van der Waals surface area contributed by atoms with Crippen LogP contribution in [0.15, 0.2) is 58.4 Å². The largest absolute Gasteiger partial charge is 0.510 e. The second kappa shape index (κ2) is 10.5. The SMILES string of the molecule is COC(=O)OCOc1c2n(ccc1=O)N([C@@H]1c3ccccc3SCc3c1ccc(F)c3F)[C@@H]1COC3(COC3)CN1C2=O. The van der Waals surface area contributed by atoms with Crippen molar-refractivity contribution in [2.45, 2.75) is 28.5 Å². The smallest absolute Gasteiger partial charge is 0.451 e. The third-order valence-electron chi connectivity index (χ3n) is 8.06. The molecule has 4 aliphatic rings. The molecule has 0 saturated carbocycles. The first-order valence-electron chi connectivity index (χ1n) is 13.4. The number of carbonyl (C=O) groups is 2. The van der Waals surface area contributed by atoms with Gasteiger partial charge in [-0.25, -0.2) is 13.6 Å². The fraction of sp³-hybridized carbons (Fsp3) is 0.345. The second-order valence-corrected chi connectivity index (χ2v) is 11.5. The molecule has 3 aromatic rings. The number of nitrogens with zero attached hydrogens (tertiary/aromatic N) is 3. The average molecular weight is 614 g/mol. The highest BCUT2D eigenvalue weighted by Gasteiger charge is 2.54. The van der Waals surface area contributed by atoms with E-state index < -0.39 is 53.7 Å². The molecule has 2 aromatic carbocycles. The molecule has 2 atom stereocenters. The Morgan fingerprint density at radius 3 is 2.70 bits per heavy atom. The van der Waals surface area contributed by atoms with Crippen molar-refractivity contribution in [1.29, 1.82) is 0 Å². The number of ether oxygens (including phenoxy) is 5. The summed E-state index contributed by atoms with van der Waals surface area (Å²) in [4.78, 5) is 41.3. The predicted octanol–water partition coefficient (Wildman–Crippen LogP) is 3.16. The van der Waals surface area contributed by atoms with Crippen molar-refractivity contribution in [3.05, 3.63) is 92.9 Å². The number of methoxy groups -OCH3 is 1. The van der Waals surface area contributed by atoms with Crippen molar-refractivity contribution in [1.82, 2.24) is 9.58 Å². The Labute approximate surface area is 247 Å². The lowest BCUT2D eigenvalue weighted by Gasteiger charge is -2.57. The summed E-state index contributed by atoms with van der Waals surface area (Å²) >= 11 is 1.38. The topological polar surface area (TPSA) is 109 Å². The third-order valence-corrected chi connectivity index (χ3v) is 9.18. The van der Waals surface area contributed by atoms with Crippen LogP contribution in [0.3, 0.4) is 0 Å². The van der Waals surface area contributed by atoms with Crippen molar-refractivity contribution in [2.24, 2.45) is 0 Å². The van der Waals surface area contributed by atoms with Gasteiger partial charge in [0.15, 0.2) is 17.3 Å². The zero-order chi connectivity index (χ0) is 29.9. The minimum absolute atomic E-state index is 0.0765. The van der Waals surface area contributed by atoms with Gasteiger partial charge in [-0.15, -0.1) is 11.8 Å².